The molecule has 3 aromatic rings. The van der Waals surface area contributed by atoms with E-state index in [1.807, 2.05) is 0 Å². The van der Waals surface area contributed by atoms with Crippen molar-refractivity contribution in [3.05, 3.63) is 46.6 Å². The Balaban J connectivity index is 1.21. The van der Waals surface area contributed by atoms with Gasteiger partial charge in [0.2, 0.25) is 5.88 Å². The van der Waals surface area contributed by atoms with Gasteiger partial charge in [-0.05, 0) is 18.9 Å². The van der Waals surface area contributed by atoms with E-state index < -0.39 is 6.09 Å². The molecule has 0 bridgehead atoms. The van der Waals surface area contributed by atoms with Gasteiger partial charge in [0.05, 0.1) is 31.7 Å². The van der Waals surface area contributed by atoms with E-state index in [4.69, 9.17) is 14.2 Å². The maximum absolute atomic E-state index is 12.5. The molecule has 1 amide bonds. The van der Waals surface area contributed by atoms with Crippen molar-refractivity contribution in [2.75, 3.05) is 40.0 Å². The van der Waals surface area contributed by atoms with E-state index in [-0.39, 0.29) is 18.1 Å². The largest absolute Gasteiger partial charge is 0.486 e. The zero-order valence-corrected chi connectivity index (χ0v) is 20.0. The van der Waals surface area contributed by atoms with Crippen LogP contribution in [0.4, 0.5) is 4.79 Å². The molecule has 0 radical (unpaired) electrons. The van der Waals surface area contributed by atoms with Crippen molar-refractivity contribution < 1.29 is 24.1 Å². The van der Waals surface area contributed by atoms with Crippen LogP contribution in [-0.2, 0) is 13.1 Å². The number of piperidine rings is 1. The summed E-state index contributed by atoms with van der Waals surface area (Å²) in [6.07, 6.45) is 3.52. The van der Waals surface area contributed by atoms with E-state index in [9.17, 15) is 14.7 Å². The van der Waals surface area contributed by atoms with Crippen molar-refractivity contribution in [2.45, 2.75) is 32.0 Å². The molecular formula is C24H28N6O6. The van der Waals surface area contributed by atoms with Gasteiger partial charge in [0.25, 0.3) is 5.56 Å². The fourth-order valence-corrected chi connectivity index (χ4v) is 4.65. The number of methoxy groups -OCH3 is 1. The SMILES string of the molecule is COc1cnc2ccc(=O)n(CCN3CCC(N(Cc4cc5c(cn4)OCCO5)C(=O)O)CC3)c2n1. The van der Waals surface area contributed by atoms with Gasteiger partial charge in [0.1, 0.15) is 18.7 Å². The van der Waals surface area contributed by atoms with Crippen LogP contribution in [-0.4, -0.2) is 86.5 Å². The Morgan fingerprint density at radius 2 is 1.92 bits per heavy atom. The van der Waals surface area contributed by atoms with Gasteiger partial charge in [-0.25, -0.2) is 9.78 Å². The number of carboxylic acid groups (broad SMARTS) is 1. The van der Waals surface area contributed by atoms with Gasteiger partial charge in [-0.3, -0.25) is 19.2 Å². The number of aromatic nitrogens is 4. The molecule has 5 heterocycles. The van der Waals surface area contributed by atoms with Crippen molar-refractivity contribution in [1.29, 1.82) is 0 Å². The van der Waals surface area contributed by atoms with Gasteiger partial charge in [-0.2, -0.15) is 4.98 Å². The van der Waals surface area contributed by atoms with Crippen molar-refractivity contribution in [1.82, 2.24) is 29.3 Å². The molecule has 0 aliphatic carbocycles. The number of carbonyl (C=O) groups is 1. The summed E-state index contributed by atoms with van der Waals surface area (Å²) in [6, 6.07) is 4.78. The lowest BCUT2D eigenvalue weighted by Crippen LogP contribution is -2.47. The van der Waals surface area contributed by atoms with Gasteiger partial charge in [0, 0.05) is 44.4 Å². The van der Waals surface area contributed by atoms with E-state index in [0.29, 0.717) is 73.4 Å². The lowest BCUT2D eigenvalue weighted by atomic mass is 10.0. The third-order valence-electron chi connectivity index (χ3n) is 6.58. The van der Waals surface area contributed by atoms with Gasteiger partial charge in [-0.1, -0.05) is 0 Å². The Hall–Kier alpha value is -3.93. The first-order chi connectivity index (χ1) is 17.5. The van der Waals surface area contributed by atoms with Crippen molar-refractivity contribution in [3.8, 4) is 17.4 Å². The van der Waals surface area contributed by atoms with Crippen LogP contribution in [0.5, 0.6) is 17.4 Å². The second kappa shape index (κ2) is 10.4. The summed E-state index contributed by atoms with van der Waals surface area (Å²) in [4.78, 5) is 41.4. The molecule has 2 aliphatic heterocycles. The number of hydrogen-bond acceptors (Lipinski definition) is 9. The Morgan fingerprint density at radius 3 is 2.67 bits per heavy atom. The topological polar surface area (TPSA) is 132 Å². The Bertz CT molecular complexity index is 1310. The number of rotatable bonds is 7. The highest BCUT2D eigenvalue weighted by molar-refractivity contribution is 5.70. The first kappa shape index (κ1) is 23.8. The number of pyridine rings is 2. The van der Waals surface area contributed by atoms with Crippen molar-refractivity contribution >= 4 is 17.3 Å². The standard InChI is InChI=1S/C24H28N6O6/c1-34-21-14-26-18-2-3-22(31)29(23(18)27-21)9-8-28-6-4-17(5-7-28)30(24(32)33)15-16-12-19-20(13-25-16)36-11-10-35-19/h2-3,12-14,17H,4-11,15H2,1H3,(H,32,33). The first-order valence-electron chi connectivity index (χ1n) is 11.9. The average Bonchev–Trinajstić information content (AvgIpc) is 2.91. The van der Waals surface area contributed by atoms with Crippen LogP contribution in [0.3, 0.4) is 0 Å². The van der Waals surface area contributed by atoms with E-state index in [1.165, 1.54) is 24.3 Å². The summed E-state index contributed by atoms with van der Waals surface area (Å²) in [5, 5.41) is 9.88. The smallest absolute Gasteiger partial charge is 0.407 e. The van der Waals surface area contributed by atoms with E-state index in [2.05, 4.69) is 19.9 Å². The molecule has 0 unspecified atom stereocenters. The Morgan fingerprint density at radius 1 is 1.14 bits per heavy atom. The minimum Gasteiger partial charge on any atom is -0.486 e. The molecule has 0 spiro atoms. The Kier molecular flexibility index (Phi) is 6.85. The highest BCUT2D eigenvalue weighted by Gasteiger charge is 2.29. The second-order valence-electron chi connectivity index (χ2n) is 8.75. The third kappa shape index (κ3) is 5.03. The molecule has 5 rings (SSSR count). The van der Waals surface area contributed by atoms with Gasteiger partial charge in [0.15, 0.2) is 17.1 Å². The molecule has 12 nitrogen and oxygen atoms in total. The van der Waals surface area contributed by atoms with Crippen LogP contribution in [0.1, 0.15) is 18.5 Å². The fourth-order valence-electron chi connectivity index (χ4n) is 4.65. The normalized spacial score (nSPS) is 16.1. The molecule has 1 saturated heterocycles. The minimum atomic E-state index is -0.972. The minimum absolute atomic E-state index is 0.121. The average molecular weight is 497 g/mol. The van der Waals surface area contributed by atoms with Crippen LogP contribution in [0, 0.1) is 0 Å². The highest BCUT2D eigenvalue weighted by Crippen LogP contribution is 2.30. The van der Waals surface area contributed by atoms with Gasteiger partial charge >= 0.3 is 6.09 Å². The molecule has 36 heavy (non-hydrogen) atoms. The number of amides is 1. The maximum Gasteiger partial charge on any atom is 0.407 e. The number of nitrogens with zero attached hydrogens (tertiary/aromatic N) is 6. The molecule has 1 N–H and O–H groups in total. The highest BCUT2D eigenvalue weighted by atomic mass is 16.6. The van der Waals surface area contributed by atoms with Crippen LogP contribution in [0.2, 0.25) is 0 Å². The summed E-state index contributed by atoms with van der Waals surface area (Å²) < 4.78 is 17.9. The molecular weight excluding hydrogens is 468 g/mol. The lowest BCUT2D eigenvalue weighted by Gasteiger charge is -2.37. The monoisotopic (exact) mass is 496 g/mol. The third-order valence-corrected chi connectivity index (χ3v) is 6.58. The predicted molar refractivity (Wildman–Crippen MR) is 129 cm³/mol. The van der Waals surface area contributed by atoms with E-state index in [0.717, 1.165) is 13.1 Å². The second-order valence-corrected chi connectivity index (χ2v) is 8.75. The molecule has 1 fully saturated rings. The quantitative estimate of drug-likeness (QED) is 0.514. The zero-order valence-electron chi connectivity index (χ0n) is 20.0. The molecule has 3 aromatic heterocycles. The van der Waals surface area contributed by atoms with Gasteiger partial charge in [-0.15, -0.1) is 0 Å². The summed E-state index contributed by atoms with van der Waals surface area (Å²) in [6.45, 7) is 3.65. The van der Waals surface area contributed by atoms with E-state index in [1.54, 1.807) is 22.9 Å². The maximum atomic E-state index is 12.5. The van der Waals surface area contributed by atoms with Crippen molar-refractivity contribution in [2.24, 2.45) is 0 Å². The molecule has 190 valence electrons. The zero-order chi connectivity index (χ0) is 25.1. The van der Waals surface area contributed by atoms with E-state index >= 15 is 0 Å². The van der Waals surface area contributed by atoms with Crippen LogP contribution in [0.25, 0.3) is 11.2 Å². The number of hydrogen-bond donors (Lipinski definition) is 1. The first-order valence-corrected chi connectivity index (χ1v) is 11.9. The molecule has 0 atom stereocenters. The molecule has 2 aliphatic rings. The summed E-state index contributed by atoms with van der Waals surface area (Å²) in [7, 11) is 1.51. The Labute approximate surface area is 207 Å². The predicted octanol–water partition coefficient (Wildman–Crippen LogP) is 1.61. The molecule has 0 saturated carbocycles. The van der Waals surface area contributed by atoms with Crippen LogP contribution < -0.4 is 19.8 Å². The fraction of sp³-hybridized carbons (Fsp3) is 0.458. The summed E-state index contributed by atoms with van der Waals surface area (Å²) >= 11 is 0. The van der Waals surface area contributed by atoms with Crippen molar-refractivity contribution in [3.63, 3.8) is 0 Å². The summed E-state index contributed by atoms with van der Waals surface area (Å²) in [5.41, 5.74) is 1.58. The van der Waals surface area contributed by atoms with Crippen LogP contribution in [0.15, 0.2) is 35.4 Å². The number of fused-ring (bicyclic) bond motifs is 2. The number of ether oxygens (including phenoxy) is 3. The van der Waals surface area contributed by atoms with Crippen LogP contribution >= 0.6 is 0 Å². The lowest BCUT2D eigenvalue weighted by molar-refractivity contribution is 0.0848. The molecule has 12 heteroatoms. The summed E-state index contributed by atoms with van der Waals surface area (Å²) in [5.74, 6) is 1.52. The number of likely N-dealkylation sites (tertiary alicyclic amines) is 1. The van der Waals surface area contributed by atoms with Gasteiger partial charge < -0.3 is 24.2 Å². The molecule has 0 aromatic carbocycles.